The second-order valence-electron chi connectivity index (χ2n) is 3.50. The topological polar surface area (TPSA) is 44.8 Å². The predicted molar refractivity (Wildman–Crippen MR) is 63.9 cm³/mol. The van der Waals surface area contributed by atoms with Gasteiger partial charge in [-0.25, -0.2) is 9.18 Å². The average molecular weight is 272 g/mol. The number of ether oxygens (including phenoxy) is 3. The fourth-order valence-corrected chi connectivity index (χ4v) is 1.31. The second-order valence-corrected chi connectivity index (χ2v) is 3.50. The number of hydrogen-bond acceptors (Lipinski definition) is 4. The van der Waals surface area contributed by atoms with Gasteiger partial charge in [0.05, 0.1) is 19.8 Å². The minimum absolute atomic E-state index is 0.00417. The maximum atomic E-state index is 13.7. The van der Waals surface area contributed by atoms with Crippen LogP contribution in [0, 0.1) is 11.6 Å². The minimum atomic E-state index is -0.973. The van der Waals surface area contributed by atoms with E-state index in [2.05, 4.69) is 4.74 Å². The van der Waals surface area contributed by atoms with Crippen LogP contribution in [0.2, 0.25) is 0 Å². The first kappa shape index (κ1) is 14.9. The van der Waals surface area contributed by atoms with E-state index < -0.39 is 23.4 Å². The summed E-state index contributed by atoms with van der Waals surface area (Å²) in [5, 5.41) is 0. The number of benzene rings is 1. The maximum Gasteiger partial charge on any atom is 0.334 e. The van der Waals surface area contributed by atoms with Crippen molar-refractivity contribution in [3.63, 3.8) is 0 Å². The lowest BCUT2D eigenvalue weighted by molar-refractivity contribution is -0.137. The monoisotopic (exact) mass is 272 g/mol. The molecule has 0 N–H and O–H groups in total. The molecule has 0 unspecified atom stereocenters. The highest BCUT2D eigenvalue weighted by Crippen LogP contribution is 2.30. The van der Waals surface area contributed by atoms with Crippen LogP contribution in [0.5, 0.6) is 11.5 Å². The molecule has 4 nitrogen and oxygen atoms in total. The second kappa shape index (κ2) is 6.72. The lowest BCUT2D eigenvalue weighted by Gasteiger charge is -2.10. The van der Waals surface area contributed by atoms with E-state index in [4.69, 9.17) is 9.47 Å². The van der Waals surface area contributed by atoms with Crippen LogP contribution in [-0.4, -0.2) is 19.7 Å². The van der Waals surface area contributed by atoms with E-state index in [0.29, 0.717) is 0 Å². The summed E-state index contributed by atoms with van der Waals surface area (Å²) < 4.78 is 41.5. The van der Waals surface area contributed by atoms with E-state index in [9.17, 15) is 13.6 Å². The molecule has 0 aromatic heterocycles. The van der Waals surface area contributed by atoms with Crippen LogP contribution in [0.3, 0.4) is 0 Å². The fraction of sp³-hybridized carbons (Fsp3) is 0.308. The molecule has 0 atom stereocenters. The average Bonchev–Trinajstić information content (AvgIpc) is 2.35. The Morgan fingerprint density at radius 2 is 2.05 bits per heavy atom. The summed E-state index contributed by atoms with van der Waals surface area (Å²) in [4.78, 5) is 11.1. The lowest BCUT2D eigenvalue weighted by Crippen LogP contribution is -2.04. The molecular weight excluding hydrogens is 258 g/mol. The molecule has 0 aliphatic heterocycles. The van der Waals surface area contributed by atoms with Crippen molar-refractivity contribution < 1.29 is 27.8 Å². The van der Waals surface area contributed by atoms with E-state index >= 15 is 0 Å². The SMILES string of the molecule is CCOC(=O)/C=C(\C)Oc1c(F)ccc(OC)c1F. The molecule has 0 heterocycles. The summed E-state index contributed by atoms with van der Waals surface area (Å²) in [5.41, 5.74) is 0. The minimum Gasteiger partial charge on any atom is -0.494 e. The van der Waals surface area contributed by atoms with Crippen LogP contribution < -0.4 is 9.47 Å². The third kappa shape index (κ3) is 3.94. The Labute approximate surface area is 109 Å². The van der Waals surface area contributed by atoms with Crippen molar-refractivity contribution in [1.82, 2.24) is 0 Å². The summed E-state index contributed by atoms with van der Waals surface area (Å²) in [6.45, 7) is 3.23. The molecule has 1 aromatic carbocycles. The van der Waals surface area contributed by atoms with Gasteiger partial charge in [-0.1, -0.05) is 0 Å². The van der Waals surface area contributed by atoms with Crippen molar-refractivity contribution in [3.8, 4) is 11.5 Å². The van der Waals surface area contributed by atoms with Gasteiger partial charge >= 0.3 is 5.97 Å². The van der Waals surface area contributed by atoms with Crippen molar-refractivity contribution in [3.05, 3.63) is 35.6 Å². The first-order valence-electron chi connectivity index (χ1n) is 5.54. The Kier molecular flexibility index (Phi) is 5.29. The van der Waals surface area contributed by atoms with Crippen LogP contribution in [0.15, 0.2) is 24.0 Å². The highest BCUT2D eigenvalue weighted by atomic mass is 19.1. The Balaban J connectivity index is 2.96. The number of halogens is 2. The third-order valence-corrected chi connectivity index (χ3v) is 2.10. The molecule has 0 spiro atoms. The summed E-state index contributed by atoms with van der Waals surface area (Å²) in [6, 6.07) is 2.15. The number of methoxy groups -OCH3 is 1. The molecule has 0 amide bonds. The Bertz CT molecular complexity index is 498. The zero-order valence-corrected chi connectivity index (χ0v) is 10.8. The lowest BCUT2D eigenvalue weighted by atomic mass is 10.3. The molecule has 0 aliphatic carbocycles. The molecule has 0 aliphatic rings. The summed E-state index contributed by atoms with van der Waals surface area (Å²) >= 11 is 0. The van der Waals surface area contributed by atoms with Gasteiger partial charge in [-0.3, -0.25) is 0 Å². The molecule has 19 heavy (non-hydrogen) atoms. The highest BCUT2D eigenvalue weighted by molar-refractivity contribution is 5.82. The number of esters is 1. The normalized spacial score (nSPS) is 11.1. The highest BCUT2D eigenvalue weighted by Gasteiger charge is 2.16. The predicted octanol–water partition coefficient (Wildman–Crippen LogP) is 2.82. The standard InChI is InChI=1S/C13H14F2O4/c1-4-18-11(16)7-8(2)19-13-9(14)5-6-10(17-3)12(13)15/h5-7H,4H2,1-3H3/b8-7+. The summed E-state index contributed by atoms with van der Waals surface area (Å²) in [7, 11) is 1.25. The molecule has 1 aromatic rings. The number of allylic oxidation sites excluding steroid dienone is 1. The molecule has 0 radical (unpaired) electrons. The van der Waals surface area contributed by atoms with E-state index in [1.807, 2.05) is 0 Å². The van der Waals surface area contributed by atoms with Gasteiger partial charge in [0.25, 0.3) is 0 Å². The van der Waals surface area contributed by atoms with Crippen LogP contribution in [-0.2, 0) is 9.53 Å². The van der Waals surface area contributed by atoms with Crippen LogP contribution in [0.1, 0.15) is 13.8 Å². The van der Waals surface area contributed by atoms with Crippen LogP contribution in [0.25, 0.3) is 0 Å². The molecule has 1 rings (SSSR count). The number of hydrogen-bond donors (Lipinski definition) is 0. The first-order valence-corrected chi connectivity index (χ1v) is 5.54. The zero-order valence-electron chi connectivity index (χ0n) is 10.8. The summed E-state index contributed by atoms with van der Waals surface area (Å²) in [5.74, 6) is -3.29. The van der Waals surface area contributed by atoms with E-state index in [1.54, 1.807) is 6.92 Å². The van der Waals surface area contributed by atoms with Gasteiger partial charge in [-0.15, -0.1) is 0 Å². The summed E-state index contributed by atoms with van der Waals surface area (Å²) in [6.07, 6.45) is 1.00. The fourth-order valence-electron chi connectivity index (χ4n) is 1.31. The van der Waals surface area contributed by atoms with Gasteiger partial charge in [0, 0.05) is 0 Å². The van der Waals surface area contributed by atoms with Crippen molar-refractivity contribution in [1.29, 1.82) is 0 Å². The molecule has 6 heteroatoms. The van der Waals surface area contributed by atoms with Crippen molar-refractivity contribution in [2.75, 3.05) is 13.7 Å². The van der Waals surface area contributed by atoms with Gasteiger partial charge in [0.1, 0.15) is 5.76 Å². The van der Waals surface area contributed by atoms with Gasteiger partial charge in [-0.2, -0.15) is 4.39 Å². The first-order chi connectivity index (χ1) is 8.99. The smallest absolute Gasteiger partial charge is 0.334 e. The quantitative estimate of drug-likeness (QED) is 0.469. The van der Waals surface area contributed by atoms with E-state index in [0.717, 1.165) is 18.2 Å². The molecule has 104 valence electrons. The van der Waals surface area contributed by atoms with Crippen molar-refractivity contribution in [2.24, 2.45) is 0 Å². The Morgan fingerprint density at radius 1 is 1.37 bits per heavy atom. The van der Waals surface area contributed by atoms with Gasteiger partial charge in [-0.05, 0) is 26.0 Å². The number of carbonyl (C=O) groups excluding carboxylic acids is 1. The molecule has 0 bridgehead atoms. The number of rotatable bonds is 5. The van der Waals surface area contributed by atoms with Crippen LogP contribution in [0.4, 0.5) is 8.78 Å². The largest absolute Gasteiger partial charge is 0.494 e. The Hall–Kier alpha value is -2.11. The maximum absolute atomic E-state index is 13.7. The van der Waals surface area contributed by atoms with Gasteiger partial charge in [0.2, 0.25) is 11.6 Å². The van der Waals surface area contributed by atoms with Gasteiger partial charge < -0.3 is 14.2 Å². The molecule has 0 saturated heterocycles. The van der Waals surface area contributed by atoms with E-state index in [-0.39, 0.29) is 18.1 Å². The van der Waals surface area contributed by atoms with Crippen LogP contribution >= 0.6 is 0 Å². The Morgan fingerprint density at radius 3 is 2.63 bits per heavy atom. The van der Waals surface area contributed by atoms with Crippen molar-refractivity contribution >= 4 is 5.97 Å². The molecular formula is C13H14F2O4. The third-order valence-electron chi connectivity index (χ3n) is 2.10. The zero-order chi connectivity index (χ0) is 14.4. The van der Waals surface area contributed by atoms with Gasteiger partial charge in [0.15, 0.2) is 11.6 Å². The van der Waals surface area contributed by atoms with E-state index in [1.165, 1.54) is 14.0 Å². The molecule has 0 fully saturated rings. The van der Waals surface area contributed by atoms with Crippen molar-refractivity contribution in [2.45, 2.75) is 13.8 Å². The number of carbonyl (C=O) groups is 1. The molecule has 0 saturated carbocycles.